The maximum Gasteiger partial charge on any atom is 0.490 e. The Bertz CT molecular complexity index is 773. The number of aliphatic carboxylic acids is 1. The van der Waals surface area contributed by atoms with E-state index < -0.39 is 12.1 Å². The second-order valence-electron chi connectivity index (χ2n) is 6.08. The first kappa shape index (κ1) is 17.2. The van der Waals surface area contributed by atoms with Crippen LogP contribution in [-0.2, 0) is 4.79 Å². The predicted octanol–water partition coefficient (Wildman–Crippen LogP) is 2.94. The predicted molar refractivity (Wildman–Crippen MR) is 81.4 cm³/mol. The molecule has 0 aromatic carbocycles. The number of nitrogens with one attached hydrogen (secondary N) is 1. The van der Waals surface area contributed by atoms with E-state index in [4.69, 9.17) is 9.90 Å². The van der Waals surface area contributed by atoms with E-state index in [0.717, 1.165) is 22.5 Å². The fourth-order valence-corrected chi connectivity index (χ4v) is 3.07. The molecule has 1 aliphatic carbocycles. The highest BCUT2D eigenvalue weighted by Gasteiger charge is 2.48. The molecule has 10 heteroatoms. The fourth-order valence-electron chi connectivity index (χ4n) is 2.75. The molecule has 1 spiro atoms. The summed E-state index contributed by atoms with van der Waals surface area (Å²) in [6, 6.07) is 0.427. The summed E-state index contributed by atoms with van der Waals surface area (Å²) in [7, 11) is 0. The van der Waals surface area contributed by atoms with E-state index in [2.05, 4.69) is 37.4 Å². The zero-order chi connectivity index (χ0) is 17.5. The number of fused-ring (bicyclic) bond motifs is 1. The van der Waals surface area contributed by atoms with E-state index in [1.54, 1.807) is 6.20 Å². The Labute approximate surface area is 143 Å². The number of carboxylic acid groups (broad SMARTS) is 1. The summed E-state index contributed by atoms with van der Waals surface area (Å²) in [4.78, 5) is 17.7. The van der Waals surface area contributed by atoms with Crippen LogP contribution in [0.2, 0.25) is 0 Å². The van der Waals surface area contributed by atoms with Gasteiger partial charge in [0.15, 0.2) is 5.65 Å². The summed E-state index contributed by atoms with van der Waals surface area (Å²) in [5.41, 5.74) is 2.68. The topological polar surface area (TPSA) is 79.5 Å². The third-order valence-electron chi connectivity index (χ3n) is 4.25. The van der Waals surface area contributed by atoms with Crippen LogP contribution in [0.1, 0.15) is 31.0 Å². The molecule has 4 rings (SSSR count). The molecule has 130 valence electrons. The van der Waals surface area contributed by atoms with Crippen LogP contribution in [-0.4, -0.2) is 38.2 Å². The minimum atomic E-state index is -5.08. The van der Waals surface area contributed by atoms with Crippen LogP contribution in [0.25, 0.3) is 5.65 Å². The number of rotatable bonds is 1. The highest BCUT2D eigenvalue weighted by atomic mass is 79.9. The zero-order valence-corrected chi connectivity index (χ0v) is 13.9. The molecular weight excluding hydrogens is 393 g/mol. The van der Waals surface area contributed by atoms with Crippen molar-refractivity contribution >= 4 is 27.5 Å². The van der Waals surface area contributed by atoms with Gasteiger partial charge >= 0.3 is 12.1 Å². The molecule has 0 bridgehead atoms. The first-order valence-electron chi connectivity index (χ1n) is 7.22. The number of alkyl halides is 3. The van der Waals surface area contributed by atoms with Crippen LogP contribution in [0.4, 0.5) is 13.2 Å². The van der Waals surface area contributed by atoms with Crippen LogP contribution < -0.4 is 5.32 Å². The third kappa shape index (κ3) is 3.69. The maximum absolute atomic E-state index is 10.6. The summed E-state index contributed by atoms with van der Waals surface area (Å²) in [6.45, 7) is 1.16. The molecule has 0 unspecified atom stereocenters. The molecule has 1 saturated carbocycles. The molecule has 2 N–H and O–H groups in total. The largest absolute Gasteiger partial charge is 0.490 e. The van der Waals surface area contributed by atoms with Crippen LogP contribution in [0.15, 0.2) is 23.2 Å². The summed E-state index contributed by atoms with van der Waals surface area (Å²) < 4.78 is 34.6. The Morgan fingerprint density at radius 3 is 2.62 bits per heavy atom. The van der Waals surface area contributed by atoms with Crippen molar-refractivity contribution in [2.45, 2.75) is 31.5 Å². The molecule has 1 atom stereocenters. The lowest BCUT2D eigenvalue weighted by molar-refractivity contribution is -0.192. The quantitative estimate of drug-likeness (QED) is 0.760. The van der Waals surface area contributed by atoms with Crippen molar-refractivity contribution in [3.8, 4) is 0 Å². The Balaban J connectivity index is 0.000000209. The Kier molecular flexibility index (Phi) is 4.28. The number of carbonyl (C=O) groups is 1. The molecule has 6 nitrogen and oxygen atoms in total. The smallest absolute Gasteiger partial charge is 0.475 e. The maximum atomic E-state index is 10.6. The lowest BCUT2D eigenvalue weighted by Crippen LogP contribution is -2.21. The van der Waals surface area contributed by atoms with Crippen molar-refractivity contribution in [3.05, 3.63) is 28.9 Å². The molecule has 2 aromatic heterocycles. The summed E-state index contributed by atoms with van der Waals surface area (Å²) >= 11 is 3.38. The fraction of sp³-hybridized carbons (Fsp3) is 0.500. The number of aromatic nitrogens is 3. The van der Waals surface area contributed by atoms with Crippen molar-refractivity contribution in [1.82, 2.24) is 19.7 Å². The van der Waals surface area contributed by atoms with Crippen molar-refractivity contribution in [2.75, 3.05) is 6.54 Å². The summed E-state index contributed by atoms with van der Waals surface area (Å²) in [5, 5.41) is 10.7. The van der Waals surface area contributed by atoms with Gasteiger partial charge in [0, 0.05) is 18.9 Å². The Hall–Kier alpha value is -1.68. The minimum Gasteiger partial charge on any atom is -0.475 e. The van der Waals surface area contributed by atoms with Crippen molar-refractivity contribution in [1.29, 1.82) is 0 Å². The molecule has 24 heavy (non-hydrogen) atoms. The molecule has 3 heterocycles. The van der Waals surface area contributed by atoms with Gasteiger partial charge in [-0.3, -0.25) is 0 Å². The molecule has 0 radical (unpaired) electrons. The first-order chi connectivity index (χ1) is 11.2. The second-order valence-corrected chi connectivity index (χ2v) is 6.89. The van der Waals surface area contributed by atoms with Crippen LogP contribution in [0, 0.1) is 5.41 Å². The molecule has 2 fully saturated rings. The average Bonchev–Trinajstić information content (AvgIpc) is 2.92. The molecule has 2 aromatic rings. The lowest BCUT2D eigenvalue weighted by Gasteiger charge is -2.05. The van der Waals surface area contributed by atoms with Crippen molar-refractivity contribution in [2.24, 2.45) is 5.41 Å². The van der Waals surface area contributed by atoms with E-state index >= 15 is 0 Å². The summed E-state index contributed by atoms with van der Waals surface area (Å²) in [6.07, 6.45) is 4.80. The summed E-state index contributed by atoms with van der Waals surface area (Å²) in [5.74, 6) is -2.76. The van der Waals surface area contributed by atoms with Crippen molar-refractivity contribution < 1.29 is 23.1 Å². The zero-order valence-electron chi connectivity index (χ0n) is 12.3. The number of hydrogen-bond acceptors (Lipinski definition) is 4. The molecule has 1 aliphatic heterocycles. The molecule has 1 saturated heterocycles. The number of carboxylic acids is 1. The SMILES string of the molecule is Brc1cn2cc([C@H]3CC4(CC4)CN3)nc2cn1.O=C(O)C(F)(F)F. The molecule has 0 amide bonds. The van der Waals surface area contributed by atoms with E-state index in [0.29, 0.717) is 11.5 Å². The molecule has 2 aliphatic rings. The second kappa shape index (κ2) is 5.99. The number of halogens is 4. The van der Waals surface area contributed by atoms with Gasteiger partial charge in [0.1, 0.15) is 4.60 Å². The van der Waals surface area contributed by atoms with Gasteiger partial charge in [-0.2, -0.15) is 13.2 Å². The van der Waals surface area contributed by atoms with Gasteiger partial charge in [0.2, 0.25) is 0 Å². The molecular formula is C14H14BrF3N4O2. The highest BCUT2D eigenvalue weighted by molar-refractivity contribution is 9.10. The van der Waals surface area contributed by atoms with Gasteiger partial charge in [0.05, 0.1) is 17.9 Å². The highest BCUT2D eigenvalue weighted by Crippen LogP contribution is 2.54. The minimum absolute atomic E-state index is 0.427. The van der Waals surface area contributed by atoms with Crippen molar-refractivity contribution in [3.63, 3.8) is 0 Å². The van der Waals surface area contributed by atoms with Gasteiger partial charge in [-0.25, -0.2) is 14.8 Å². The standard InChI is InChI=1S/C12H13BrN4.C2HF3O2/c13-10-6-17-5-9(16-11(17)4-14-10)8-3-12(1-2-12)7-15-8;3-2(4,5)1(6)7/h4-6,8,15H,1-3,7H2;(H,6,7)/t8-;/m1./s1. The average molecular weight is 407 g/mol. The van der Waals surface area contributed by atoms with E-state index in [9.17, 15) is 13.2 Å². The number of hydrogen-bond donors (Lipinski definition) is 2. The monoisotopic (exact) mass is 406 g/mol. The normalized spacial score (nSPS) is 21.6. The third-order valence-corrected chi connectivity index (χ3v) is 4.66. The Morgan fingerprint density at radius 1 is 1.42 bits per heavy atom. The van der Waals surface area contributed by atoms with E-state index in [1.807, 2.05) is 10.6 Å². The number of imidazole rings is 1. The lowest BCUT2D eigenvalue weighted by atomic mass is 10.0. The van der Waals surface area contributed by atoms with Gasteiger partial charge < -0.3 is 14.8 Å². The first-order valence-corrected chi connectivity index (χ1v) is 8.02. The van der Waals surface area contributed by atoms with Crippen LogP contribution >= 0.6 is 15.9 Å². The Morgan fingerprint density at radius 2 is 2.08 bits per heavy atom. The van der Waals surface area contributed by atoms with E-state index in [-0.39, 0.29) is 0 Å². The van der Waals surface area contributed by atoms with Crippen LogP contribution in [0.5, 0.6) is 0 Å². The van der Waals surface area contributed by atoms with Gasteiger partial charge in [-0.15, -0.1) is 0 Å². The van der Waals surface area contributed by atoms with Gasteiger partial charge in [0.25, 0.3) is 0 Å². The van der Waals surface area contributed by atoms with Gasteiger partial charge in [-0.1, -0.05) is 0 Å². The van der Waals surface area contributed by atoms with Crippen LogP contribution in [0.3, 0.4) is 0 Å². The van der Waals surface area contributed by atoms with Gasteiger partial charge in [-0.05, 0) is 40.6 Å². The number of nitrogens with zero attached hydrogens (tertiary/aromatic N) is 3. The van der Waals surface area contributed by atoms with E-state index in [1.165, 1.54) is 19.3 Å².